The van der Waals surface area contributed by atoms with Crippen LogP contribution in [0.4, 0.5) is 5.69 Å². The van der Waals surface area contributed by atoms with Crippen LogP contribution in [0.3, 0.4) is 0 Å². The monoisotopic (exact) mass is 241 g/mol. The molecule has 1 heterocycles. The van der Waals surface area contributed by atoms with Gasteiger partial charge in [0.2, 0.25) is 5.91 Å². The van der Waals surface area contributed by atoms with Crippen LogP contribution in [-0.2, 0) is 4.79 Å². The molecule has 2 atom stereocenters. The maximum Gasteiger partial charge on any atom is 0.271 e. The Morgan fingerprint density at radius 2 is 2.24 bits per heavy atom. The molecule has 2 unspecified atom stereocenters. The SMILES string of the molecule is CC(=O)NCC(O)C(O)c1c[nH]c(=O)c(N)c1. The second kappa shape index (κ2) is 5.46. The number of carbonyl (C=O) groups excluding carboxylic acids is 1. The first kappa shape index (κ1) is 13.2. The molecule has 7 heteroatoms. The first-order valence-electron chi connectivity index (χ1n) is 5.00. The van der Waals surface area contributed by atoms with E-state index in [1.54, 1.807) is 0 Å². The summed E-state index contributed by atoms with van der Waals surface area (Å²) in [6, 6.07) is 1.28. The van der Waals surface area contributed by atoms with Crippen molar-refractivity contribution < 1.29 is 15.0 Å². The van der Waals surface area contributed by atoms with Crippen LogP contribution in [0.1, 0.15) is 18.6 Å². The van der Waals surface area contributed by atoms with Crippen molar-refractivity contribution >= 4 is 11.6 Å². The second-order valence-electron chi connectivity index (χ2n) is 3.67. The van der Waals surface area contributed by atoms with E-state index >= 15 is 0 Å². The van der Waals surface area contributed by atoms with Gasteiger partial charge in [0.05, 0.1) is 5.69 Å². The number of rotatable bonds is 4. The average molecular weight is 241 g/mol. The number of pyridine rings is 1. The first-order chi connectivity index (χ1) is 7.91. The third-order valence-corrected chi connectivity index (χ3v) is 2.22. The number of aromatic nitrogens is 1. The molecule has 1 aromatic heterocycles. The molecule has 0 fully saturated rings. The molecule has 17 heavy (non-hydrogen) atoms. The van der Waals surface area contributed by atoms with E-state index in [0.717, 1.165) is 0 Å². The van der Waals surface area contributed by atoms with Gasteiger partial charge in [-0.15, -0.1) is 0 Å². The second-order valence-corrected chi connectivity index (χ2v) is 3.67. The van der Waals surface area contributed by atoms with Crippen molar-refractivity contribution in [2.24, 2.45) is 0 Å². The van der Waals surface area contributed by atoms with Crippen LogP contribution in [0.2, 0.25) is 0 Å². The number of hydrogen-bond acceptors (Lipinski definition) is 5. The Bertz CT molecular complexity index is 457. The quantitative estimate of drug-likeness (QED) is 0.437. The Morgan fingerprint density at radius 3 is 2.76 bits per heavy atom. The van der Waals surface area contributed by atoms with Crippen LogP contribution >= 0.6 is 0 Å². The summed E-state index contributed by atoms with van der Waals surface area (Å²) in [5.41, 5.74) is 5.14. The number of nitrogens with one attached hydrogen (secondary N) is 2. The standard InChI is InChI=1S/C10H15N3O4/c1-5(14)12-4-8(15)9(16)6-2-7(11)10(17)13-3-6/h2-3,8-9,15-16H,4,11H2,1H3,(H,12,14)(H,13,17). The van der Waals surface area contributed by atoms with E-state index in [-0.39, 0.29) is 23.7 Å². The minimum absolute atomic E-state index is 0.0479. The predicted molar refractivity (Wildman–Crippen MR) is 61.1 cm³/mol. The van der Waals surface area contributed by atoms with Crippen molar-refractivity contribution in [2.45, 2.75) is 19.1 Å². The number of aliphatic hydroxyl groups is 2. The Balaban J connectivity index is 2.74. The molecule has 0 aliphatic rings. The van der Waals surface area contributed by atoms with Gasteiger partial charge in [-0.1, -0.05) is 0 Å². The fourth-order valence-electron chi connectivity index (χ4n) is 1.27. The lowest BCUT2D eigenvalue weighted by molar-refractivity contribution is -0.119. The van der Waals surface area contributed by atoms with E-state index in [2.05, 4.69) is 10.3 Å². The Labute approximate surface area is 97.3 Å². The smallest absolute Gasteiger partial charge is 0.271 e. The Hall–Kier alpha value is -1.86. The van der Waals surface area contributed by atoms with Gasteiger partial charge >= 0.3 is 0 Å². The average Bonchev–Trinajstić information content (AvgIpc) is 2.28. The molecule has 0 aromatic carbocycles. The van der Waals surface area contributed by atoms with E-state index in [0.29, 0.717) is 0 Å². The molecular formula is C10H15N3O4. The summed E-state index contributed by atoms with van der Waals surface area (Å²) in [6.07, 6.45) is -1.15. The first-order valence-corrected chi connectivity index (χ1v) is 5.00. The van der Waals surface area contributed by atoms with Crippen molar-refractivity contribution in [3.63, 3.8) is 0 Å². The highest BCUT2D eigenvalue weighted by molar-refractivity contribution is 5.72. The van der Waals surface area contributed by atoms with Gasteiger partial charge < -0.3 is 26.2 Å². The maximum atomic E-state index is 11.0. The van der Waals surface area contributed by atoms with E-state index in [1.165, 1.54) is 19.2 Å². The van der Waals surface area contributed by atoms with Gasteiger partial charge in [0, 0.05) is 25.2 Å². The van der Waals surface area contributed by atoms with Gasteiger partial charge in [-0.3, -0.25) is 9.59 Å². The van der Waals surface area contributed by atoms with Crippen molar-refractivity contribution in [2.75, 3.05) is 12.3 Å². The molecular weight excluding hydrogens is 226 g/mol. The topological polar surface area (TPSA) is 128 Å². The zero-order chi connectivity index (χ0) is 13.0. The molecule has 0 saturated heterocycles. The fourth-order valence-corrected chi connectivity index (χ4v) is 1.27. The molecule has 94 valence electrons. The van der Waals surface area contributed by atoms with Crippen molar-refractivity contribution in [3.05, 3.63) is 28.2 Å². The zero-order valence-electron chi connectivity index (χ0n) is 9.30. The van der Waals surface area contributed by atoms with Gasteiger partial charge in [-0.2, -0.15) is 0 Å². The van der Waals surface area contributed by atoms with Crippen LogP contribution in [0.25, 0.3) is 0 Å². The molecule has 6 N–H and O–H groups in total. The third kappa shape index (κ3) is 3.58. The van der Waals surface area contributed by atoms with Crippen molar-refractivity contribution in [3.8, 4) is 0 Å². The Morgan fingerprint density at radius 1 is 1.59 bits per heavy atom. The number of aromatic amines is 1. The zero-order valence-corrected chi connectivity index (χ0v) is 9.30. The summed E-state index contributed by atoms with van der Waals surface area (Å²) < 4.78 is 0. The summed E-state index contributed by atoms with van der Waals surface area (Å²) in [5, 5.41) is 21.7. The fraction of sp³-hybridized carbons (Fsp3) is 0.400. The number of carbonyl (C=O) groups is 1. The lowest BCUT2D eigenvalue weighted by Gasteiger charge is -2.18. The largest absolute Gasteiger partial charge is 0.394 e. The Kier molecular flexibility index (Phi) is 4.24. The lowest BCUT2D eigenvalue weighted by atomic mass is 10.1. The summed E-state index contributed by atoms with van der Waals surface area (Å²) in [4.78, 5) is 24.0. The highest BCUT2D eigenvalue weighted by Gasteiger charge is 2.19. The number of nitrogens with two attached hydrogens (primary N) is 1. The number of hydrogen-bond donors (Lipinski definition) is 5. The van der Waals surface area contributed by atoms with E-state index in [1.807, 2.05) is 0 Å². The molecule has 1 aromatic rings. The van der Waals surface area contributed by atoms with Crippen LogP contribution in [0.15, 0.2) is 17.1 Å². The number of aliphatic hydroxyl groups excluding tert-OH is 2. The highest BCUT2D eigenvalue weighted by Crippen LogP contribution is 2.16. The van der Waals surface area contributed by atoms with Gasteiger partial charge in [-0.25, -0.2) is 0 Å². The summed E-state index contributed by atoms with van der Waals surface area (Å²) >= 11 is 0. The molecule has 0 aliphatic heterocycles. The minimum Gasteiger partial charge on any atom is -0.394 e. The van der Waals surface area contributed by atoms with E-state index < -0.39 is 17.8 Å². The van der Waals surface area contributed by atoms with Crippen LogP contribution in [0, 0.1) is 0 Å². The molecule has 0 radical (unpaired) electrons. The van der Waals surface area contributed by atoms with Gasteiger partial charge in [0.25, 0.3) is 5.56 Å². The molecule has 1 rings (SSSR count). The minimum atomic E-state index is -1.24. The van der Waals surface area contributed by atoms with Crippen LogP contribution in [0.5, 0.6) is 0 Å². The van der Waals surface area contributed by atoms with Crippen molar-refractivity contribution in [1.29, 1.82) is 0 Å². The molecule has 0 aliphatic carbocycles. The molecule has 0 spiro atoms. The highest BCUT2D eigenvalue weighted by atomic mass is 16.3. The maximum absolute atomic E-state index is 11.0. The van der Waals surface area contributed by atoms with Crippen LogP contribution in [-0.4, -0.2) is 33.8 Å². The summed E-state index contributed by atoms with van der Waals surface area (Å²) in [6.45, 7) is 1.21. The van der Waals surface area contributed by atoms with Crippen molar-refractivity contribution in [1.82, 2.24) is 10.3 Å². The number of anilines is 1. The molecule has 7 nitrogen and oxygen atoms in total. The van der Waals surface area contributed by atoms with E-state index in [9.17, 15) is 19.8 Å². The van der Waals surface area contributed by atoms with E-state index in [4.69, 9.17) is 5.73 Å². The predicted octanol–water partition coefficient (Wildman–Crippen LogP) is -1.51. The number of nitrogen functional groups attached to an aromatic ring is 1. The number of H-pyrrole nitrogens is 1. The molecule has 0 bridgehead atoms. The molecule has 0 saturated carbocycles. The lowest BCUT2D eigenvalue weighted by Crippen LogP contribution is -2.34. The van der Waals surface area contributed by atoms with Gasteiger partial charge in [-0.05, 0) is 6.07 Å². The van der Waals surface area contributed by atoms with Crippen LogP contribution < -0.4 is 16.6 Å². The normalized spacial score (nSPS) is 14.1. The van der Waals surface area contributed by atoms with Gasteiger partial charge in [0.1, 0.15) is 12.2 Å². The van der Waals surface area contributed by atoms with Gasteiger partial charge in [0.15, 0.2) is 0 Å². The summed E-state index contributed by atoms with van der Waals surface area (Å²) in [7, 11) is 0. The summed E-state index contributed by atoms with van der Waals surface area (Å²) in [5.74, 6) is -0.308. The number of amides is 1. The third-order valence-electron chi connectivity index (χ3n) is 2.22. The molecule has 1 amide bonds.